The van der Waals surface area contributed by atoms with E-state index in [1.807, 2.05) is 12.1 Å². The largest absolute Gasteiger partial charge is 0.389 e. The van der Waals surface area contributed by atoms with Gasteiger partial charge in [0.1, 0.15) is 10.8 Å². The van der Waals surface area contributed by atoms with E-state index in [0.717, 1.165) is 4.47 Å². The van der Waals surface area contributed by atoms with Crippen molar-refractivity contribution in [2.45, 2.75) is 0 Å². The third-order valence-electron chi connectivity index (χ3n) is 2.45. The molecule has 0 aliphatic carbocycles. The number of thiocarbonyl (C=S) groups is 1. The van der Waals surface area contributed by atoms with Crippen LogP contribution in [0.1, 0.15) is 5.56 Å². The summed E-state index contributed by atoms with van der Waals surface area (Å²) in [5.74, 6) is -0.389. The van der Waals surface area contributed by atoms with Gasteiger partial charge in [-0.25, -0.2) is 4.39 Å². The van der Waals surface area contributed by atoms with E-state index in [0.29, 0.717) is 16.9 Å². The summed E-state index contributed by atoms with van der Waals surface area (Å²) >= 11 is 14.3. The number of nitrogens with two attached hydrogens (primary N) is 1. The van der Waals surface area contributed by atoms with Crippen LogP contribution in [0.25, 0.3) is 0 Å². The third-order valence-corrected chi connectivity index (χ3v) is 3.47. The molecule has 0 fully saturated rings. The fraction of sp³-hybridized carbons (Fsp3) is 0. The fourth-order valence-corrected chi connectivity index (χ4v) is 2.32. The van der Waals surface area contributed by atoms with Gasteiger partial charge in [0.25, 0.3) is 0 Å². The van der Waals surface area contributed by atoms with E-state index in [1.165, 1.54) is 12.1 Å². The van der Waals surface area contributed by atoms with E-state index in [2.05, 4.69) is 21.2 Å². The maximum absolute atomic E-state index is 13.0. The highest BCUT2D eigenvalue weighted by molar-refractivity contribution is 9.10. The summed E-state index contributed by atoms with van der Waals surface area (Å²) in [4.78, 5) is 0.272. The molecule has 2 aromatic carbocycles. The zero-order chi connectivity index (χ0) is 14.0. The Labute approximate surface area is 128 Å². The summed E-state index contributed by atoms with van der Waals surface area (Å²) in [6.45, 7) is 0. The van der Waals surface area contributed by atoms with E-state index in [4.69, 9.17) is 29.6 Å². The summed E-state index contributed by atoms with van der Waals surface area (Å²) < 4.78 is 13.9. The number of halogens is 3. The smallest absolute Gasteiger partial charge is 0.124 e. The average molecular weight is 360 g/mol. The SMILES string of the molecule is NC(=S)c1ccc(Br)cc1Nc1ccc(F)cc1Cl. The van der Waals surface area contributed by atoms with E-state index >= 15 is 0 Å². The van der Waals surface area contributed by atoms with Crippen molar-refractivity contribution in [1.82, 2.24) is 0 Å². The summed E-state index contributed by atoms with van der Waals surface area (Å²) in [6, 6.07) is 9.59. The van der Waals surface area contributed by atoms with Crippen molar-refractivity contribution in [3.8, 4) is 0 Å². The normalized spacial score (nSPS) is 10.3. The molecule has 3 N–H and O–H groups in total. The minimum Gasteiger partial charge on any atom is -0.389 e. The standard InChI is InChI=1S/C13H9BrClFN2S/c14-7-1-3-9(13(17)19)12(5-7)18-11-4-2-8(16)6-10(11)15/h1-6,18H,(H2,17,19). The summed E-state index contributed by atoms with van der Waals surface area (Å²) in [7, 11) is 0. The zero-order valence-corrected chi connectivity index (χ0v) is 12.7. The first kappa shape index (κ1) is 14.2. The van der Waals surface area contributed by atoms with Crippen molar-refractivity contribution < 1.29 is 4.39 Å². The molecule has 2 rings (SSSR count). The minimum atomic E-state index is -0.389. The molecule has 0 saturated carbocycles. The predicted molar refractivity (Wildman–Crippen MR) is 84.7 cm³/mol. The van der Waals surface area contributed by atoms with Crippen LogP contribution in [-0.4, -0.2) is 4.99 Å². The summed E-state index contributed by atoms with van der Waals surface area (Å²) in [5.41, 5.74) is 7.64. The molecule has 2 nitrogen and oxygen atoms in total. The van der Waals surface area contributed by atoms with Crippen molar-refractivity contribution in [1.29, 1.82) is 0 Å². The lowest BCUT2D eigenvalue weighted by Crippen LogP contribution is -2.12. The molecule has 0 heterocycles. The number of benzene rings is 2. The third kappa shape index (κ3) is 3.43. The number of hydrogen-bond donors (Lipinski definition) is 2. The highest BCUT2D eigenvalue weighted by Gasteiger charge is 2.08. The number of nitrogens with one attached hydrogen (secondary N) is 1. The molecule has 98 valence electrons. The fourth-order valence-electron chi connectivity index (χ4n) is 1.57. The van der Waals surface area contributed by atoms with Gasteiger partial charge in [-0.2, -0.15) is 0 Å². The molecule has 6 heteroatoms. The van der Waals surface area contributed by atoms with Crippen LogP contribution in [-0.2, 0) is 0 Å². The molecule has 0 spiro atoms. The van der Waals surface area contributed by atoms with Crippen molar-refractivity contribution in [2.24, 2.45) is 5.73 Å². The highest BCUT2D eigenvalue weighted by atomic mass is 79.9. The quantitative estimate of drug-likeness (QED) is 0.785. The Morgan fingerprint density at radius 3 is 2.58 bits per heavy atom. The van der Waals surface area contributed by atoms with Crippen LogP contribution in [0.15, 0.2) is 40.9 Å². The molecule has 0 aliphatic rings. The molecule has 0 unspecified atom stereocenters. The van der Waals surface area contributed by atoms with Crippen molar-refractivity contribution in [3.63, 3.8) is 0 Å². The van der Waals surface area contributed by atoms with Gasteiger partial charge in [0.2, 0.25) is 0 Å². The van der Waals surface area contributed by atoms with E-state index in [-0.39, 0.29) is 15.8 Å². The van der Waals surface area contributed by atoms with Crippen LogP contribution in [0.5, 0.6) is 0 Å². The maximum atomic E-state index is 13.0. The first-order chi connectivity index (χ1) is 8.97. The molecular formula is C13H9BrClFN2S. The number of hydrogen-bond acceptors (Lipinski definition) is 2. The topological polar surface area (TPSA) is 38.0 Å². The van der Waals surface area contributed by atoms with Crippen LogP contribution in [0, 0.1) is 5.82 Å². The van der Waals surface area contributed by atoms with Gasteiger partial charge >= 0.3 is 0 Å². The Morgan fingerprint density at radius 2 is 1.95 bits per heavy atom. The first-order valence-electron chi connectivity index (χ1n) is 5.29. The van der Waals surface area contributed by atoms with E-state index < -0.39 is 0 Å². The second-order valence-electron chi connectivity index (χ2n) is 3.80. The van der Waals surface area contributed by atoms with Gasteiger partial charge in [-0.05, 0) is 36.4 Å². The van der Waals surface area contributed by atoms with Gasteiger partial charge in [-0.1, -0.05) is 39.7 Å². The molecule has 2 aromatic rings. The molecule has 0 atom stereocenters. The lowest BCUT2D eigenvalue weighted by atomic mass is 10.1. The van der Waals surface area contributed by atoms with Gasteiger partial charge in [-0.3, -0.25) is 0 Å². The van der Waals surface area contributed by atoms with Crippen molar-refractivity contribution in [3.05, 3.63) is 57.3 Å². The van der Waals surface area contributed by atoms with Crippen molar-refractivity contribution in [2.75, 3.05) is 5.32 Å². The zero-order valence-electron chi connectivity index (χ0n) is 9.58. The maximum Gasteiger partial charge on any atom is 0.124 e. The Balaban J connectivity index is 2.42. The molecule has 0 saturated heterocycles. The number of rotatable bonds is 3. The monoisotopic (exact) mass is 358 g/mol. The molecule has 19 heavy (non-hydrogen) atoms. The van der Waals surface area contributed by atoms with Gasteiger partial charge in [0.05, 0.1) is 10.7 Å². The van der Waals surface area contributed by atoms with Crippen LogP contribution in [0.4, 0.5) is 15.8 Å². The Kier molecular flexibility index (Phi) is 4.39. The molecule has 0 aliphatic heterocycles. The Bertz CT molecular complexity index is 649. The van der Waals surface area contributed by atoms with E-state index in [9.17, 15) is 4.39 Å². The van der Waals surface area contributed by atoms with Crippen LogP contribution >= 0.6 is 39.7 Å². The van der Waals surface area contributed by atoms with Gasteiger partial charge < -0.3 is 11.1 Å². The van der Waals surface area contributed by atoms with Crippen LogP contribution in [0.2, 0.25) is 5.02 Å². The van der Waals surface area contributed by atoms with Crippen LogP contribution < -0.4 is 11.1 Å². The first-order valence-corrected chi connectivity index (χ1v) is 6.87. The van der Waals surface area contributed by atoms with Gasteiger partial charge in [0, 0.05) is 15.7 Å². The number of anilines is 2. The van der Waals surface area contributed by atoms with Crippen LogP contribution in [0.3, 0.4) is 0 Å². The summed E-state index contributed by atoms with van der Waals surface area (Å²) in [5, 5.41) is 3.38. The second-order valence-corrected chi connectivity index (χ2v) is 5.57. The molecular weight excluding hydrogens is 351 g/mol. The molecule has 0 amide bonds. The molecule has 0 radical (unpaired) electrons. The highest BCUT2D eigenvalue weighted by Crippen LogP contribution is 2.29. The molecule has 0 aromatic heterocycles. The lowest BCUT2D eigenvalue weighted by molar-refractivity contribution is 0.628. The Morgan fingerprint density at radius 1 is 1.21 bits per heavy atom. The Hall–Kier alpha value is -1.17. The molecule has 0 bridgehead atoms. The summed E-state index contributed by atoms with van der Waals surface area (Å²) in [6.07, 6.45) is 0. The van der Waals surface area contributed by atoms with E-state index in [1.54, 1.807) is 12.1 Å². The lowest BCUT2D eigenvalue weighted by Gasteiger charge is -2.13. The van der Waals surface area contributed by atoms with Crippen molar-refractivity contribution >= 4 is 56.1 Å². The van der Waals surface area contributed by atoms with Gasteiger partial charge in [0.15, 0.2) is 0 Å². The second kappa shape index (κ2) is 5.86. The predicted octanol–water partition coefficient (Wildman–Crippen LogP) is 4.62. The minimum absolute atomic E-state index is 0.272. The van der Waals surface area contributed by atoms with Gasteiger partial charge in [-0.15, -0.1) is 0 Å². The average Bonchev–Trinajstić information content (AvgIpc) is 2.32.